The van der Waals surface area contributed by atoms with Crippen molar-refractivity contribution in [2.24, 2.45) is 0 Å². The molecule has 0 fully saturated rings. The molecule has 0 saturated carbocycles. The molecule has 3 nitrogen and oxygen atoms in total. The third kappa shape index (κ3) is 14.2. The first kappa shape index (κ1) is 22.6. The van der Waals surface area contributed by atoms with E-state index in [9.17, 15) is 9.59 Å². The number of carbonyl (C=O) groups is 2. The second-order valence-corrected chi connectivity index (χ2v) is 6.54. The molecule has 0 bridgehead atoms. The molecule has 0 aromatic carbocycles. The molecule has 0 atom stereocenters. The molecule has 0 spiro atoms. The molecule has 0 unspecified atom stereocenters. The summed E-state index contributed by atoms with van der Waals surface area (Å²) < 4.78 is 0. The lowest BCUT2D eigenvalue weighted by atomic mass is 10.0. The topological polar surface area (TPSA) is 54.4 Å². The third-order valence-corrected chi connectivity index (χ3v) is 4.26. The van der Waals surface area contributed by atoms with Crippen LogP contribution in [0.4, 0.5) is 0 Å². The van der Waals surface area contributed by atoms with E-state index in [1.165, 1.54) is 57.8 Å². The van der Waals surface area contributed by atoms with Crippen LogP contribution in [0.1, 0.15) is 96.8 Å². The van der Waals surface area contributed by atoms with Gasteiger partial charge >= 0.3 is 5.97 Å². The molecule has 3 heteroatoms. The number of hydrogen-bond acceptors (Lipinski definition) is 2. The minimum atomic E-state index is -1.20. The second-order valence-electron chi connectivity index (χ2n) is 6.54. The zero-order chi connectivity index (χ0) is 18.0. The van der Waals surface area contributed by atoms with Gasteiger partial charge in [0, 0.05) is 6.42 Å². The molecular weight excluding hydrogens is 300 g/mol. The minimum Gasteiger partial charge on any atom is -0.478 e. The lowest BCUT2D eigenvalue weighted by Crippen LogP contribution is -2.10. The molecule has 1 N–H and O–H groups in total. The number of carboxylic acids is 1. The summed E-state index contributed by atoms with van der Waals surface area (Å²) in [5.74, 6) is -1.53. The normalized spacial score (nSPS) is 11.0. The average molecular weight is 337 g/mol. The molecule has 138 valence electrons. The number of aliphatic carboxylic acids is 1. The fraction of sp³-hybridized carbons (Fsp3) is 0.714. The number of carboxylic acid groups (broad SMARTS) is 1. The van der Waals surface area contributed by atoms with Gasteiger partial charge in [-0.25, -0.2) is 4.79 Å². The molecule has 0 rings (SSSR count). The van der Waals surface area contributed by atoms with Crippen molar-refractivity contribution >= 4 is 11.8 Å². The SMILES string of the molecule is C=C(C(=O)O)C(=O)CCCCCCCC=CCCCCCCCC. The Morgan fingerprint density at radius 2 is 1.25 bits per heavy atom. The largest absolute Gasteiger partial charge is 0.478 e. The Morgan fingerprint density at radius 1 is 0.792 bits per heavy atom. The highest BCUT2D eigenvalue weighted by Crippen LogP contribution is 2.11. The van der Waals surface area contributed by atoms with Gasteiger partial charge in [-0.3, -0.25) is 4.79 Å². The van der Waals surface area contributed by atoms with Crippen LogP contribution < -0.4 is 0 Å². The maximum atomic E-state index is 11.4. The minimum absolute atomic E-state index is 0.287. The van der Waals surface area contributed by atoms with Crippen LogP contribution in [0.2, 0.25) is 0 Å². The molecule has 0 aromatic rings. The van der Waals surface area contributed by atoms with Gasteiger partial charge in [-0.15, -0.1) is 0 Å². The van der Waals surface area contributed by atoms with Crippen molar-refractivity contribution in [3.8, 4) is 0 Å². The molecule has 24 heavy (non-hydrogen) atoms. The highest BCUT2D eigenvalue weighted by Gasteiger charge is 2.13. The van der Waals surface area contributed by atoms with Crippen LogP contribution in [0.25, 0.3) is 0 Å². The predicted octanol–water partition coefficient (Wildman–Crippen LogP) is 6.23. The highest BCUT2D eigenvalue weighted by molar-refractivity contribution is 6.15. The lowest BCUT2D eigenvalue weighted by molar-refractivity contribution is -0.134. The number of rotatable bonds is 17. The summed E-state index contributed by atoms with van der Waals surface area (Å²) in [4.78, 5) is 22.0. The van der Waals surface area contributed by atoms with Gasteiger partial charge in [0.1, 0.15) is 0 Å². The summed E-state index contributed by atoms with van der Waals surface area (Å²) in [6.07, 6.45) is 20.6. The Labute approximate surface area is 148 Å². The summed E-state index contributed by atoms with van der Waals surface area (Å²) in [5.41, 5.74) is -0.287. The monoisotopic (exact) mass is 336 g/mol. The van der Waals surface area contributed by atoms with E-state index in [4.69, 9.17) is 5.11 Å². The summed E-state index contributed by atoms with van der Waals surface area (Å²) in [6, 6.07) is 0. The van der Waals surface area contributed by atoms with Gasteiger partial charge in [0.15, 0.2) is 5.78 Å². The number of allylic oxidation sites excluding steroid dienone is 2. The quantitative estimate of drug-likeness (QED) is 0.112. The first-order chi connectivity index (χ1) is 11.6. The number of Topliss-reactive ketones (excluding diaryl/α,β-unsaturated/α-hetero) is 1. The van der Waals surface area contributed by atoms with Gasteiger partial charge in [0.05, 0.1) is 5.57 Å². The Kier molecular flexibility index (Phi) is 15.5. The molecule has 0 aromatic heterocycles. The van der Waals surface area contributed by atoms with Crippen LogP contribution in [-0.4, -0.2) is 16.9 Å². The Hall–Kier alpha value is -1.38. The Balaban J connectivity index is 3.30. The van der Waals surface area contributed by atoms with Gasteiger partial charge < -0.3 is 5.11 Å². The molecule has 0 heterocycles. The van der Waals surface area contributed by atoms with Gasteiger partial charge in [0.2, 0.25) is 0 Å². The molecule has 0 radical (unpaired) electrons. The highest BCUT2D eigenvalue weighted by atomic mass is 16.4. The van der Waals surface area contributed by atoms with Crippen LogP contribution in [-0.2, 0) is 9.59 Å². The van der Waals surface area contributed by atoms with E-state index in [1.807, 2.05) is 0 Å². The molecule has 0 aliphatic heterocycles. The smallest absolute Gasteiger partial charge is 0.338 e. The van der Waals surface area contributed by atoms with Crippen molar-refractivity contribution in [3.05, 3.63) is 24.3 Å². The number of hydrogen-bond donors (Lipinski definition) is 1. The van der Waals surface area contributed by atoms with Crippen molar-refractivity contribution in [2.45, 2.75) is 96.8 Å². The summed E-state index contributed by atoms with van der Waals surface area (Å²) in [7, 11) is 0. The van der Waals surface area contributed by atoms with Crippen LogP contribution in [0.3, 0.4) is 0 Å². The maximum Gasteiger partial charge on any atom is 0.338 e. The summed E-state index contributed by atoms with van der Waals surface area (Å²) in [5, 5.41) is 8.65. The first-order valence-electron chi connectivity index (χ1n) is 9.70. The predicted molar refractivity (Wildman–Crippen MR) is 101 cm³/mol. The number of unbranched alkanes of at least 4 members (excludes halogenated alkanes) is 11. The lowest BCUT2D eigenvalue weighted by Gasteiger charge is -2.01. The fourth-order valence-corrected chi connectivity index (χ4v) is 2.63. The van der Waals surface area contributed by atoms with Gasteiger partial charge in [-0.1, -0.05) is 77.0 Å². The first-order valence-corrected chi connectivity index (χ1v) is 9.70. The van der Waals surface area contributed by atoms with E-state index >= 15 is 0 Å². The van der Waals surface area contributed by atoms with Crippen LogP contribution in [0, 0.1) is 0 Å². The van der Waals surface area contributed by atoms with Gasteiger partial charge in [0.25, 0.3) is 0 Å². The molecule has 0 saturated heterocycles. The molecule has 0 aliphatic carbocycles. The van der Waals surface area contributed by atoms with Crippen molar-refractivity contribution < 1.29 is 14.7 Å². The molecule has 0 aliphatic rings. The van der Waals surface area contributed by atoms with Crippen LogP contribution in [0.5, 0.6) is 0 Å². The summed E-state index contributed by atoms with van der Waals surface area (Å²) in [6.45, 7) is 5.53. The van der Waals surface area contributed by atoms with E-state index in [0.29, 0.717) is 6.42 Å². The van der Waals surface area contributed by atoms with E-state index in [-0.39, 0.29) is 11.4 Å². The second kappa shape index (κ2) is 16.5. The Bertz CT molecular complexity index is 383. The Morgan fingerprint density at radius 3 is 1.75 bits per heavy atom. The fourth-order valence-electron chi connectivity index (χ4n) is 2.63. The van der Waals surface area contributed by atoms with Crippen molar-refractivity contribution in [3.63, 3.8) is 0 Å². The van der Waals surface area contributed by atoms with Crippen LogP contribution in [0.15, 0.2) is 24.3 Å². The van der Waals surface area contributed by atoms with Gasteiger partial charge in [-0.2, -0.15) is 0 Å². The zero-order valence-electron chi connectivity index (χ0n) is 15.5. The number of ketones is 1. The standard InChI is InChI=1S/C21H36O3/c1-3-4-5-6-7-8-9-10-11-12-13-14-15-16-17-18-20(22)19(2)21(23)24/h10-11H,2-9,12-18H2,1H3,(H,23,24). The van der Waals surface area contributed by atoms with Crippen LogP contribution >= 0.6 is 0 Å². The summed E-state index contributed by atoms with van der Waals surface area (Å²) >= 11 is 0. The third-order valence-electron chi connectivity index (χ3n) is 4.26. The van der Waals surface area contributed by atoms with E-state index < -0.39 is 5.97 Å². The van der Waals surface area contributed by atoms with Crippen molar-refractivity contribution in [2.75, 3.05) is 0 Å². The molecule has 0 amide bonds. The average Bonchev–Trinajstić information content (AvgIpc) is 2.57. The molecular formula is C21H36O3. The van der Waals surface area contributed by atoms with Gasteiger partial charge in [-0.05, 0) is 32.1 Å². The maximum absolute atomic E-state index is 11.4. The van der Waals surface area contributed by atoms with Crippen molar-refractivity contribution in [1.29, 1.82) is 0 Å². The van der Waals surface area contributed by atoms with Crippen molar-refractivity contribution in [1.82, 2.24) is 0 Å². The zero-order valence-corrected chi connectivity index (χ0v) is 15.5. The van der Waals surface area contributed by atoms with E-state index in [1.54, 1.807) is 0 Å². The number of carbonyl (C=O) groups excluding carboxylic acids is 1. The van der Waals surface area contributed by atoms with E-state index in [0.717, 1.165) is 25.7 Å². The van der Waals surface area contributed by atoms with E-state index in [2.05, 4.69) is 25.7 Å².